The zero-order valence-corrected chi connectivity index (χ0v) is 16.0. The predicted molar refractivity (Wildman–Crippen MR) is 95.6 cm³/mol. The average molecular weight is 340 g/mol. The molecule has 0 amide bonds. The molecule has 0 saturated heterocycles. The first-order valence-electron chi connectivity index (χ1n) is 7.92. The molecule has 0 bridgehead atoms. The summed E-state index contributed by atoms with van der Waals surface area (Å²) in [5, 5.41) is 0. The molecule has 2 atom stereocenters. The standard InChI is InChI=1S/C18H29NO3S/c1-8-22-16(20)14-11-9-13(10-12-14)15(17(2,3)4)19-23(21)18(5,6)7/h9-12,15,19H,8H2,1-7H3/t15-,23?/m0/s1. The lowest BCUT2D eigenvalue weighted by Gasteiger charge is -2.35. The predicted octanol–water partition coefficient (Wildman–Crippen LogP) is 4.00. The van der Waals surface area contributed by atoms with Gasteiger partial charge in [0.2, 0.25) is 0 Å². The van der Waals surface area contributed by atoms with E-state index in [0.29, 0.717) is 12.2 Å². The van der Waals surface area contributed by atoms with Gasteiger partial charge in [-0.2, -0.15) is 0 Å². The number of carbonyl (C=O) groups is 1. The Kier molecular flexibility index (Phi) is 6.69. The van der Waals surface area contributed by atoms with E-state index in [1.54, 1.807) is 19.1 Å². The summed E-state index contributed by atoms with van der Waals surface area (Å²) in [6.45, 7) is 14.3. The van der Waals surface area contributed by atoms with Gasteiger partial charge in [0, 0.05) is 11.4 Å². The molecule has 0 aliphatic heterocycles. The number of hydrogen-bond acceptors (Lipinski definition) is 4. The zero-order valence-electron chi connectivity index (χ0n) is 15.2. The highest BCUT2D eigenvalue weighted by Crippen LogP contribution is 2.34. The molecule has 1 unspecified atom stereocenters. The van der Waals surface area contributed by atoms with Crippen molar-refractivity contribution in [1.29, 1.82) is 0 Å². The van der Waals surface area contributed by atoms with Crippen LogP contribution in [-0.2, 0) is 16.1 Å². The number of esters is 1. The molecule has 0 heterocycles. The van der Waals surface area contributed by atoms with E-state index in [9.17, 15) is 9.35 Å². The van der Waals surface area contributed by atoms with Crippen molar-refractivity contribution in [3.63, 3.8) is 0 Å². The highest BCUT2D eigenvalue weighted by Gasteiger charge is 2.35. The van der Waals surface area contributed by atoms with Crippen LogP contribution in [0.4, 0.5) is 0 Å². The van der Waals surface area contributed by atoms with Crippen molar-refractivity contribution < 1.29 is 14.1 Å². The van der Waals surface area contributed by atoms with Crippen molar-refractivity contribution in [2.45, 2.75) is 59.3 Å². The minimum atomic E-state index is -1.17. The van der Waals surface area contributed by atoms with Crippen LogP contribution in [0.25, 0.3) is 0 Å². The fourth-order valence-corrected chi connectivity index (χ4v) is 3.11. The quantitative estimate of drug-likeness (QED) is 0.650. The highest BCUT2D eigenvalue weighted by molar-refractivity contribution is 7.90. The van der Waals surface area contributed by atoms with Crippen LogP contribution >= 0.6 is 0 Å². The van der Waals surface area contributed by atoms with E-state index in [4.69, 9.17) is 4.74 Å². The van der Waals surface area contributed by atoms with Gasteiger partial charge in [-0.1, -0.05) is 32.9 Å². The number of nitrogens with one attached hydrogen (secondary N) is 1. The van der Waals surface area contributed by atoms with Crippen molar-refractivity contribution >= 4 is 17.3 Å². The van der Waals surface area contributed by atoms with Gasteiger partial charge in [-0.15, -0.1) is 4.72 Å². The molecule has 1 rings (SSSR count). The number of rotatable bonds is 5. The summed E-state index contributed by atoms with van der Waals surface area (Å²) in [5.74, 6) is -0.322. The Bertz CT molecular complexity index is 515. The van der Waals surface area contributed by atoms with Crippen LogP contribution < -0.4 is 4.72 Å². The van der Waals surface area contributed by atoms with Gasteiger partial charge in [0.1, 0.15) is 4.75 Å². The summed E-state index contributed by atoms with van der Waals surface area (Å²) in [7, 11) is 0. The summed E-state index contributed by atoms with van der Waals surface area (Å²) in [6, 6.07) is 7.23. The monoisotopic (exact) mass is 339 g/mol. The van der Waals surface area contributed by atoms with E-state index < -0.39 is 11.4 Å². The Morgan fingerprint density at radius 1 is 1.17 bits per heavy atom. The molecule has 1 aromatic rings. The van der Waals surface area contributed by atoms with Gasteiger partial charge in [-0.25, -0.2) is 4.79 Å². The Morgan fingerprint density at radius 2 is 1.70 bits per heavy atom. The van der Waals surface area contributed by atoms with E-state index >= 15 is 0 Å². The first-order chi connectivity index (χ1) is 10.5. The van der Waals surface area contributed by atoms with Crippen LogP contribution in [0, 0.1) is 5.41 Å². The van der Waals surface area contributed by atoms with Gasteiger partial charge in [0.05, 0.1) is 18.2 Å². The average Bonchev–Trinajstić information content (AvgIpc) is 2.42. The number of ether oxygens (including phenoxy) is 1. The lowest BCUT2D eigenvalue weighted by Crippen LogP contribution is -2.44. The third-order valence-corrected chi connectivity index (χ3v) is 4.96. The number of hydrogen-bond donors (Lipinski definition) is 1. The molecule has 130 valence electrons. The zero-order chi connectivity index (χ0) is 17.8. The molecule has 0 aliphatic rings. The first kappa shape index (κ1) is 20.0. The minimum Gasteiger partial charge on any atom is -0.598 e. The van der Waals surface area contributed by atoms with Crippen molar-refractivity contribution in [2.75, 3.05) is 6.61 Å². The molecule has 23 heavy (non-hydrogen) atoms. The summed E-state index contributed by atoms with van der Waals surface area (Å²) < 4.78 is 20.4. The summed E-state index contributed by atoms with van der Waals surface area (Å²) >= 11 is -1.17. The van der Waals surface area contributed by atoms with Crippen molar-refractivity contribution in [2.24, 2.45) is 5.41 Å². The Morgan fingerprint density at radius 3 is 2.09 bits per heavy atom. The lowest BCUT2D eigenvalue weighted by atomic mass is 9.83. The highest BCUT2D eigenvalue weighted by atomic mass is 32.2. The summed E-state index contributed by atoms with van der Waals surface area (Å²) in [6.07, 6.45) is 0. The van der Waals surface area contributed by atoms with Crippen LogP contribution in [0.15, 0.2) is 24.3 Å². The largest absolute Gasteiger partial charge is 0.598 e. The van der Waals surface area contributed by atoms with E-state index in [1.807, 2.05) is 32.9 Å². The molecule has 0 radical (unpaired) electrons. The van der Waals surface area contributed by atoms with Gasteiger partial charge in [-0.05, 0) is 50.8 Å². The van der Waals surface area contributed by atoms with E-state index in [0.717, 1.165) is 5.56 Å². The maximum Gasteiger partial charge on any atom is 0.338 e. The molecule has 0 aliphatic carbocycles. The molecule has 5 heteroatoms. The molecule has 1 aromatic carbocycles. The molecule has 0 fully saturated rings. The fourth-order valence-electron chi connectivity index (χ4n) is 2.05. The molecule has 0 spiro atoms. The third kappa shape index (κ3) is 5.83. The van der Waals surface area contributed by atoms with Crippen molar-refractivity contribution in [3.05, 3.63) is 35.4 Å². The Hall–Kier alpha value is -1.04. The number of carbonyl (C=O) groups excluding carboxylic acids is 1. The third-order valence-electron chi connectivity index (χ3n) is 3.40. The van der Waals surface area contributed by atoms with E-state index in [-0.39, 0.29) is 22.2 Å². The van der Waals surface area contributed by atoms with Crippen LogP contribution in [-0.4, -0.2) is 21.9 Å². The summed E-state index contributed by atoms with van der Waals surface area (Å²) in [4.78, 5) is 11.7. The van der Waals surface area contributed by atoms with Gasteiger partial charge in [-0.3, -0.25) is 0 Å². The summed E-state index contributed by atoms with van der Waals surface area (Å²) in [5.41, 5.74) is 1.41. The maximum absolute atomic E-state index is 12.5. The maximum atomic E-state index is 12.5. The molecule has 4 nitrogen and oxygen atoms in total. The molecule has 0 aromatic heterocycles. The lowest BCUT2D eigenvalue weighted by molar-refractivity contribution is 0.0526. The second kappa shape index (κ2) is 7.69. The fraction of sp³-hybridized carbons (Fsp3) is 0.611. The van der Waals surface area contributed by atoms with Crippen molar-refractivity contribution in [1.82, 2.24) is 4.72 Å². The van der Waals surface area contributed by atoms with Crippen LogP contribution in [0.3, 0.4) is 0 Å². The Labute approximate surface area is 143 Å². The van der Waals surface area contributed by atoms with Gasteiger partial charge >= 0.3 is 5.97 Å². The molecular weight excluding hydrogens is 310 g/mol. The van der Waals surface area contributed by atoms with E-state index in [2.05, 4.69) is 25.5 Å². The number of benzene rings is 1. The second-order valence-corrected chi connectivity index (χ2v) is 9.64. The Balaban J connectivity index is 3.03. The normalized spacial score (nSPS) is 15.1. The second-order valence-electron chi connectivity index (χ2n) is 7.64. The van der Waals surface area contributed by atoms with Gasteiger partial charge < -0.3 is 9.29 Å². The van der Waals surface area contributed by atoms with Crippen LogP contribution in [0.2, 0.25) is 0 Å². The smallest absolute Gasteiger partial charge is 0.338 e. The van der Waals surface area contributed by atoms with Crippen LogP contribution in [0.5, 0.6) is 0 Å². The van der Waals surface area contributed by atoms with Gasteiger partial charge in [0.25, 0.3) is 0 Å². The van der Waals surface area contributed by atoms with E-state index in [1.165, 1.54) is 0 Å². The SMILES string of the molecule is CCOC(=O)c1ccc([C@H](N[S+]([O-])C(C)(C)C)C(C)(C)C)cc1. The first-order valence-corrected chi connectivity index (χ1v) is 9.07. The minimum absolute atomic E-state index is 0.0844. The topological polar surface area (TPSA) is 61.4 Å². The molecule has 1 N–H and O–H groups in total. The molecular formula is C18H29NO3S. The van der Waals surface area contributed by atoms with Crippen molar-refractivity contribution in [3.8, 4) is 0 Å². The van der Waals surface area contributed by atoms with Gasteiger partial charge in [0.15, 0.2) is 0 Å². The van der Waals surface area contributed by atoms with Crippen LogP contribution in [0.1, 0.15) is 70.4 Å². The molecule has 0 saturated carbocycles.